The van der Waals surface area contributed by atoms with E-state index in [2.05, 4.69) is 36.6 Å². The highest BCUT2D eigenvalue weighted by Gasteiger charge is 2.21. The number of alkyl halides is 2. The maximum absolute atomic E-state index is 11.3. The molecule has 0 fully saturated rings. The molecule has 0 aromatic carbocycles. The first-order chi connectivity index (χ1) is 7.43. The monoisotopic (exact) mass is 396 g/mol. The molecule has 0 saturated carbocycles. The van der Waals surface area contributed by atoms with Crippen LogP contribution in [0.15, 0.2) is 10.1 Å². The van der Waals surface area contributed by atoms with Gasteiger partial charge in [0.25, 0.3) is 0 Å². The molecule has 0 rings (SSSR count). The van der Waals surface area contributed by atoms with Crippen LogP contribution >= 0.6 is 55.1 Å². The second-order valence-electron chi connectivity index (χ2n) is 2.32. The first-order valence-electron chi connectivity index (χ1n) is 4.07. The van der Waals surface area contributed by atoms with Crippen LogP contribution in [0.1, 0.15) is 6.92 Å². The van der Waals surface area contributed by atoms with Gasteiger partial charge in [-0.05, 0) is 22.9 Å². The molecule has 0 N–H and O–H groups in total. The number of hydrogen-bond acceptors (Lipinski definition) is 4. The highest BCUT2D eigenvalue weighted by atomic mass is 79.9. The van der Waals surface area contributed by atoms with E-state index in [0.29, 0.717) is 5.33 Å². The van der Waals surface area contributed by atoms with E-state index in [9.17, 15) is 9.59 Å². The molecule has 8 heteroatoms. The van der Waals surface area contributed by atoms with Gasteiger partial charge < -0.3 is 9.47 Å². The minimum absolute atomic E-state index is 0.136. The van der Waals surface area contributed by atoms with Crippen LogP contribution < -0.4 is 0 Å². The summed E-state index contributed by atoms with van der Waals surface area (Å²) in [5.41, 5.74) is 0. The Morgan fingerprint density at radius 1 is 1.25 bits per heavy atom. The Morgan fingerprint density at radius 3 is 2.19 bits per heavy atom. The summed E-state index contributed by atoms with van der Waals surface area (Å²) in [5.74, 6) is -1.77. The molecule has 1 atom stereocenters. The van der Waals surface area contributed by atoms with Crippen molar-refractivity contribution in [1.29, 1.82) is 0 Å². The molecule has 0 aromatic heterocycles. The SMILES string of the molecule is CCOC(=O)/C(Cl)=C(/Cl)C(=O)OC(Br)CBr. The Morgan fingerprint density at radius 2 is 1.75 bits per heavy atom. The fraction of sp³-hybridized carbons (Fsp3) is 0.500. The average Bonchev–Trinajstić information content (AvgIpc) is 2.26. The minimum Gasteiger partial charge on any atom is -0.462 e. The van der Waals surface area contributed by atoms with Crippen LogP contribution in [0.5, 0.6) is 0 Å². The molecular formula is C8H8Br2Cl2O4. The molecule has 0 aliphatic carbocycles. The van der Waals surface area contributed by atoms with E-state index in [1.54, 1.807) is 6.92 Å². The second kappa shape index (κ2) is 8.33. The lowest BCUT2D eigenvalue weighted by Crippen LogP contribution is -2.16. The molecule has 1 unspecified atom stereocenters. The Hall–Kier alpha value is 0.220. The van der Waals surface area contributed by atoms with Crippen molar-refractivity contribution in [3.05, 3.63) is 10.1 Å². The van der Waals surface area contributed by atoms with E-state index in [0.717, 1.165) is 0 Å². The van der Waals surface area contributed by atoms with Crippen molar-refractivity contribution in [1.82, 2.24) is 0 Å². The van der Waals surface area contributed by atoms with Crippen LogP contribution in [0, 0.1) is 0 Å². The lowest BCUT2D eigenvalue weighted by molar-refractivity contribution is -0.141. The van der Waals surface area contributed by atoms with Crippen LogP contribution in [-0.4, -0.2) is 28.9 Å². The van der Waals surface area contributed by atoms with Crippen molar-refractivity contribution < 1.29 is 19.1 Å². The third-order valence-electron chi connectivity index (χ3n) is 1.18. The minimum atomic E-state index is -0.902. The third-order valence-corrected chi connectivity index (χ3v) is 3.93. The number of ether oxygens (including phenoxy) is 2. The molecule has 0 amide bonds. The summed E-state index contributed by atoms with van der Waals surface area (Å²) in [7, 11) is 0. The molecule has 0 heterocycles. The molecule has 4 nitrogen and oxygen atoms in total. The van der Waals surface area contributed by atoms with Gasteiger partial charge in [-0.15, -0.1) is 0 Å². The summed E-state index contributed by atoms with van der Waals surface area (Å²) in [4.78, 5) is 22.4. The van der Waals surface area contributed by atoms with Gasteiger partial charge in [0.15, 0.2) is 15.1 Å². The number of hydrogen-bond donors (Lipinski definition) is 0. The van der Waals surface area contributed by atoms with Crippen molar-refractivity contribution in [2.24, 2.45) is 0 Å². The maximum Gasteiger partial charge on any atom is 0.352 e. The smallest absolute Gasteiger partial charge is 0.352 e. The maximum atomic E-state index is 11.3. The van der Waals surface area contributed by atoms with Gasteiger partial charge in [0.05, 0.1) is 11.9 Å². The molecule has 0 aliphatic rings. The molecular weight excluding hydrogens is 391 g/mol. The Bertz CT molecular complexity index is 306. The Kier molecular flexibility index (Phi) is 8.45. The van der Waals surface area contributed by atoms with Crippen molar-refractivity contribution in [3.8, 4) is 0 Å². The summed E-state index contributed by atoms with van der Waals surface area (Å²) in [6.45, 7) is 1.74. The molecule has 92 valence electrons. The largest absolute Gasteiger partial charge is 0.462 e. The van der Waals surface area contributed by atoms with Gasteiger partial charge in [-0.25, -0.2) is 9.59 Å². The van der Waals surface area contributed by atoms with E-state index in [1.165, 1.54) is 0 Å². The zero-order chi connectivity index (χ0) is 12.7. The molecule has 0 aromatic rings. The van der Waals surface area contributed by atoms with Gasteiger partial charge in [0.2, 0.25) is 0 Å². The van der Waals surface area contributed by atoms with Crippen molar-refractivity contribution >= 4 is 67.0 Å². The second-order valence-corrected chi connectivity index (χ2v) is 4.74. The normalized spacial score (nSPS) is 13.8. The highest BCUT2D eigenvalue weighted by molar-refractivity contribution is 9.12. The van der Waals surface area contributed by atoms with Gasteiger partial charge in [-0.2, -0.15) is 0 Å². The fourth-order valence-electron chi connectivity index (χ4n) is 0.573. The molecule has 0 saturated heterocycles. The van der Waals surface area contributed by atoms with Gasteiger partial charge in [-0.1, -0.05) is 39.1 Å². The molecule has 0 aliphatic heterocycles. The first kappa shape index (κ1) is 16.2. The average molecular weight is 399 g/mol. The van der Waals surface area contributed by atoms with Gasteiger partial charge >= 0.3 is 11.9 Å². The Balaban J connectivity index is 4.61. The molecule has 16 heavy (non-hydrogen) atoms. The fourth-order valence-corrected chi connectivity index (χ4v) is 1.13. The van der Waals surface area contributed by atoms with Crippen molar-refractivity contribution in [3.63, 3.8) is 0 Å². The summed E-state index contributed by atoms with van der Waals surface area (Å²) in [5, 5.41) is -1.19. The van der Waals surface area contributed by atoms with E-state index in [4.69, 9.17) is 27.9 Å². The van der Waals surface area contributed by atoms with Gasteiger partial charge in [-0.3, -0.25) is 0 Å². The van der Waals surface area contributed by atoms with Crippen LogP contribution in [0.3, 0.4) is 0 Å². The molecule has 0 radical (unpaired) electrons. The summed E-state index contributed by atoms with van der Waals surface area (Å²) < 4.78 is 9.32. The summed E-state index contributed by atoms with van der Waals surface area (Å²) in [6.07, 6.45) is 0. The van der Waals surface area contributed by atoms with E-state index in [-0.39, 0.29) is 6.61 Å². The number of rotatable bonds is 5. The lowest BCUT2D eigenvalue weighted by Gasteiger charge is -2.08. The number of esters is 2. The van der Waals surface area contributed by atoms with Gasteiger partial charge in [0.1, 0.15) is 0 Å². The number of carbonyl (C=O) groups excluding carboxylic acids is 2. The summed E-state index contributed by atoms with van der Waals surface area (Å²) >= 11 is 17.2. The lowest BCUT2D eigenvalue weighted by atomic mass is 10.5. The zero-order valence-corrected chi connectivity index (χ0v) is 12.8. The topological polar surface area (TPSA) is 52.6 Å². The number of carbonyl (C=O) groups is 2. The van der Waals surface area contributed by atoms with Crippen LogP contribution in [0.2, 0.25) is 0 Å². The molecule has 0 spiro atoms. The third kappa shape index (κ3) is 5.52. The predicted octanol–water partition coefficient (Wildman–Crippen LogP) is 2.90. The first-order valence-corrected chi connectivity index (χ1v) is 6.86. The zero-order valence-electron chi connectivity index (χ0n) is 8.14. The Labute approximate surface area is 119 Å². The van der Waals surface area contributed by atoms with Crippen LogP contribution in [0.4, 0.5) is 0 Å². The number of halogens is 4. The van der Waals surface area contributed by atoms with Crippen LogP contribution in [0.25, 0.3) is 0 Å². The van der Waals surface area contributed by atoms with E-state index in [1.807, 2.05) is 0 Å². The highest BCUT2D eigenvalue weighted by Crippen LogP contribution is 2.19. The van der Waals surface area contributed by atoms with Crippen molar-refractivity contribution in [2.45, 2.75) is 11.9 Å². The van der Waals surface area contributed by atoms with Gasteiger partial charge in [0, 0.05) is 0 Å². The molecule has 0 bridgehead atoms. The summed E-state index contributed by atoms with van der Waals surface area (Å²) in [6, 6.07) is 0. The quantitative estimate of drug-likeness (QED) is 0.406. The van der Waals surface area contributed by atoms with Crippen LogP contribution in [-0.2, 0) is 19.1 Å². The van der Waals surface area contributed by atoms with Crippen molar-refractivity contribution in [2.75, 3.05) is 11.9 Å². The standard InChI is InChI=1S/C8H8Br2Cl2O4/c1-2-15-7(13)5(11)6(12)8(14)16-4(10)3-9/h4H,2-3H2,1H3/b6-5-. The van der Waals surface area contributed by atoms with E-state index >= 15 is 0 Å². The van der Waals surface area contributed by atoms with E-state index < -0.39 is 27.0 Å². The predicted molar refractivity (Wildman–Crippen MR) is 68.0 cm³/mol.